The molecule has 5 heteroatoms. The van der Waals surface area contributed by atoms with Crippen molar-refractivity contribution in [3.8, 4) is 5.75 Å². The first-order valence-electron chi connectivity index (χ1n) is 7.23. The minimum Gasteiger partial charge on any atom is -0.491 e. The van der Waals surface area contributed by atoms with E-state index in [4.69, 9.17) is 9.15 Å². The Bertz CT molecular complexity index is 753. The van der Waals surface area contributed by atoms with E-state index >= 15 is 0 Å². The molecule has 5 nitrogen and oxygen atoms in total. The summed E-state index contributed by atoms with van der Waals surface area (Å²) in [6.45, 7) is 9.47. The summed E-state index contributed by atoms with van der Waals surface area (Å²) in [5.74, 6) is 0.293. The minimum absolute atomic E-state index is 0.0107. The molecule has 2 rings (SSSR count). The zero-order valence-corrected chi connectivity index (χ0v) is 13.5. The standard InChI is InChI=1S/C17H21NO4/c1-10(2)21-11-6-7-12-13(16(20)18-17(3,4)5)9-15(19)22-14(12)8-11/h6-10H,1-5H3,(H,18,20). The summed E-state index contributed by atoms with van der Waals surface area (Å²) in [6.07, 6.45) is 0.0107. The van der Waals surface area contributed by atoms with E-state index in [9.17, 15) is 9.59 Å². The number of hydrogen-bond acceptors (Lipinski definition) is 4. The first kappa shape index (κ1) is 16.1. The largest absolute Gasteiger partial charge is 0.491 e. The van der Waals surface area contributed by atoms with Gasteiger partial charge in [0.05, 0.1) is 11.7 Å². The number of fused-ring (bicyclic) bond motifs is 1. The first-order valence-corrected chi connectivity index (χ1v) is 7.23. The fourth-order valence-electron chi connectivity index (χ4n) is 2.08. The van der Waals surface area contributed by atoms with Gasteiger partial charge in [-0.2, -0.15) is 0 Å². The van der Waals surface area contributed by atoms with Crippen molar-refractivity contribution in [2.45, 2.75) is 46.3 Å². The van der Waals surface area contributed by atoms with E-state index < -0.39 is 5.63 Å². The van der Waals surface area contributed by atoms with Crippen LogP contribution in [-0.4, -0.2) is 17.6 Å². The number of carbonyl (C=O) groups excluding carboxylic acids is 1. The lowest BCUT2D eigenvalue weighted by atomic mass is 10.1. The van der Waals surface area contributed by atoms with Crippen LogP contribution in [0.2, 0.25) is 0 Å². The fraction of sp³-hybridized carbons (Fsp3) is 0.412. The van der Waals surface area contributed by atoms with Crippen LogP contribution in [0.25, 0.3) is 11.0 Å². The Hall–Kier alpha value is -2.30. The van der Waals surface area contributed by atoms with E-state index in [-0.39, 0.29) is 17.6 Å². The van der Waals surface area contributed by atoms with Gasteiger partial charge < -0.3 is 14.5 Å². The smallest absolute Gasteiger partial charge is 0.337 e. The van der Waals surface area contributed by atoms with Gasteiger partial charge in [-0.05, 0) is 46.8 Å². The molecule has 0 fully saturated rings. The number of carbonyl (C=O) groups is 1. The minimum atomic E-state index is -0.562. The van der Waals surface area contributed by atoms with Gasteiger partial charge in [0.2, 0.25) is 0 Å². The van der Waals surface area contributed by atoms with Crippen LogP contribution in [0, 0.1) is 0 Å². The zero-order valence-electron chi connectivity index (χ0n) is 13.5. The van der Waals surface area contributed by atoms with Crippen molar-refractivity contribution >= 4 is 16.9 Å². The third-order valence-corrected chi connectivity index (χ3v) is 2.82. The summed E-state index contributed by atoms with van der Waals surface area (Å²) in [6, 6.07) is 6.33. The summed E-state index contributed by atoms with van der Waals surface area (Å²) >= 11 is 0. The summed E-state index contributed by atoms with van der Waals surface area (Å²) < 4.78 is 10.8. The predicted molar refractivity (Wildman–Crippen MR) is 85.5 cm³/mol. The molecule has 0 saturated heterocycles. The third-order valence-electron chi connectivity index (χ3n) is 2.82. The molecule has 0 atom stereocenters. The Morgan fingerprint density at radius 2 is 1.91 bits per heavy atom. The molecule has 22 heavy (non-hydrogen) atoms. The van der Waals surface area contributed by atoms with E-state index in [2.05, 4.69) is 5.32 Å². The van der Waals surface area contributed by atoms with Crippen molar-refractivity contribution in [3.05, 3.63) is 40.2 Å². The SMILES string of the molecule is CC(C)Oc1ccc2c(C(=O)NC(C)(C)C)cc(=O)oc2c1. The van der Waals surface area contributed by atoms with E-state index in [1.807, 2.05) is 34.6 Å². The van der Waals surface area contributed by atoms with Gasteiger partial charge in [0, 0.05) is 23.1 Å². The lowest BCUT2D eigenvalue weighted by Gasteiger charge is -2.20. The van der Waals surface area contributed by atoms with Gasteiger partial charge in [-0.1, -0.05) is 0 Å². The van der Waals surface area contributed by atoms with Crippen molar-refractivity contribution in [1.82, 2.24) is 5.32 Å². The highest BCUT2D eigenvalue weighted by Crippen LogP contribution is 2.23. The summed E-state index contributed by atoms with van der Waals surface area (Å²) in [4.78, 5) is 24.1. The quantitative estimate of drug-likeness (QED) is 0.885. The fourth-order valence-corrected chi connectivity index (χ4v) is 2.08. The maximum atomic E-state index is 12.4. The highest BCUT2D eigenvalue weighted by Gasteiger charge is 2.19. The van der Waals surface area contributed by atoms with Crippen molar-refractivity contribution in [2.75, 3.05) is 0 Å². The molecule has 1 amide bonds. The van der Waals surface area contributed by atoms with Gasteiger partial charge >= 0.3 is 5.63 Å². The molecular weight excluding hydrogens is 282 g/mol. The number of rotatable bonds is 3. The zero-order chi connectivity index (χ0) is 16.5. The molecule has 0 saturated carbocycles. The molecule has 0 spiro atoms. The number of ether oxygens (including phenoxy) is 1. The average Bonchev–Trinajstić information content (AvgIpc) is 2.34. The number of nitrogens with one attached hydrogen (secondary N) is 1. The topological polar surface area (TPSA) is 68.5 Å². The molecule has 118 valence electrons. The van der Waals surface area contributed by atoms with E-state index in [1.54, 1.807) is 18.2 Å². The molecule has 2 aromatic rings. The van der Waals surface area contributed by atoms with Crippen LogP contribution < -0.4 is 15.7 Å². The van der Waals surface area contributed by atoms with Crippen molar-refractivity contribution in [2.24, 2.45) is 0 Å². The van der Waals surface area contributed by atoms with Gasteiger partial charge in [0.15, 0.2) is 0 Å². The van der Waals surface area contributed by atoms with Gasteiger partial charge in [0.25, 0.3) is 5.91 Å². The Labute approximate surface area is 129 Å². The van der Waals surface area contributed by atoms with Crippen molar-refractivity contribution in [3.63, 3.8) is 0 Å². The predicted octanol–water partition coefficient (Wildman–Crippen LogP) is 3.11. The van der Waals surface area contributed by atoms with Crippen molar-refractivity contribution in [1.29, 1.82) is 0 Å². The average molecular weight is 303 g/mol. The van der Waals surface area contributed by atoms with Gasteiger partial charge in [-0.25, -0.2) is 4.79 Å². The maximum absolute atomic E-state index is 12.4. The van der Waals surface area contributed by atoms with E-state index in [1.165, 1.54) is 6.07 Å². The molecular formula is C17H21NO4. The van der Waals surface area contributed by atoms with Crippen LogP contribution in [0.3, 0.4) is 0 Å². The summed E-state index contributed by atoms with van der Waals surface area (Å²) in [7, 11) is 0. The van der Waals surface area contributed by atoms with Crippen LogP contribution in [-0.2, 0) is 0 Å². The second-order valence-electron chi connectivity index (χ2n) is 6.51. The summed E-state index contributed by atoms with van der Waals surface area (Å²) in [5.41, 5.74) is -0.310. The van der Waals surface area contributed by atoms with Crippen LogP contribution in [0.1, 0.15) is 45.0 Å². The normalized spacial score (nSPS) is 11.7. The monoisotopic (exact) mass is 303 g/mol. The molecule has 1 N–H and O–H groups in total. The van der Waals surface area contributed by atoms with Gasteiger partial charge in [-0.3, -0.25) is 4.79 Å². The Kier molecular flexibility index (Phi) is 4.26. The van der Waals surface area contributed by atoms with Gasteiger partial charge in [0.1, 0.15) is 11.3 Å². The van der Waals surface area contributed by atoms with Crippen LogP contribution in [0.4, 0.5) is 0 Å². The number of benzene rings is 1. The number of amides is 1. The molecule has 0 aliphatic carbocycles. The maximum Gasteiger partial charge on any atom is 0.337 e. The van der Waals surface area contributed by atoms with E-state index in [0.29, 0.717) is 22.3 Å². The molecule has 0 aliphatic rings. The molecule has 1 heterocycles. The summed E-state index contributed by atoms with van der Waals surface area (Å²) in [5, 5.41) is 3.43. The number of hydrogen-bond donors (Lipinski definition) is 1. The molecule has 0 radical (unpaired) electrons. The van der Waals surface area contributed by atoms with Crippen LogP contribution in [0.5, 0.6) is 5.75 Å². The molecule has 1 aromatic heterocycles. The van der Waals surface area contributed by atoms with Crippen LogP contribution in [0.15, 0.2) is 33.5 Å². The highest BCUT2D eigenvalue weighted by molar-refractivity contribution is 6.05. The van der Waals surface area contributed by atoms with E-state index in [0.717, 1.165) is 0 Å². The third kappa shape index (κ3) is 3.87. The lowest BCUT2D eigenvalue weighted by Crippen LogP contribution is -2.40. The Morgan fingerprint density at radius 3 is 2.50 bits per heavy atom. The molecule has 0 unspecified atom stereocenters. The molecule has 1 aromatic carbocycles. The molecule has 0 bridgehead atoms. The van der Waals surface area contributed by atoms with Crippen molar-refractivity contribution < 1.29 is 13.9 Å². The van der Waals surface area contributed by atoms with Crippen LogP contribution >= 0.6 is 0 Å². The highest BCUT2D eigenvalue weighted by atomic mass is 16.5. The second kappa shape index (κ2) is 5.83. The second-order valence-corrected chi connectivity index (χ2v) is 6.51. The lowest BCUT2D eigenvalue weighted by molar-refractivity contribution is 0.0920. The Morgan fingerprint density at radius 1 is 1.23 bits per heavy atom. The first-order chi connectivity index (χ1) is 10.2. The van der Waals surface area contributed by atoms with Gasteiger partial charge in [-0.15, -0.1) is 0 Å². The Balaban J connectivity index is 2.51. The molecule has 0 aliphatic heterocycles.